The molecule has 0 aliphatic heterocycles. The minimum atomic E-state index is -6.65. The molecule has 0 aliphatic rings. The van der Waals surface area contributed by atoms with Crippen molar-refractivity contribution in [2.75, 3.05) is 40.4 Å². The maximum atomic E-state index is 10.5. The smallest absolute Gasteiger partial charge is 0.443 e. The summed E-state index contributed by atoms with van der Waals surface area (Å²) in [5.74, 6) is 0. The fraction of sp³-hybridized carbons (Fsp3) is 1.00. The van der Waals surface area contributed by atoms with E-state index in [-0.39, 0.29) is 0 Å². The summed E-state index contributed by atoms with van der Waals surface area (Å²) >= 11 is 0. The van der Waals surface area contributed by atoms with Gasteiger partial charge in [-0.1, -0.05) is 0 Å². The van der Waals surface area contributed by atoms with Crippen molar-refractivity contribution in [3.63, 3.8) is 0 Å². The van der Waals surface area contributed by atoms with Crippen LogP contribution >= 0.6 is 0 Å². The molecule has 0 fully saturated rings. The normalized spacial score (nSPS) is 13.0. The number of likely N-dealkylation sites (N-methyl/N-ethyl adjacent to an activating group) is 1. The first-order valence-electron chi connectivity index (χ1n) is 5.52. The zero-order valence-electron chi connectivity index (χ0n) is 11.0. The molecule has 0 unspecified atom stereocenters. The van der Waals surface area contributed by atoms with E-state index in [1.807, 2.05) is 0 Å². The molecule has 0 heterocycles. The monoisotopic (exact) mass is 283 g/mol. The third-order valence-corrected chi connectivity index (χ3v) is 2.73. The molecular weight excluding hydrogens is 263 g/mol. The van der Waals surface area contributed by atoms with Gasteiger partial charge < -0.3 is 22.2 Å². The highest BCUT2D eigenvalue weighted by atomic mass is 19.4. The maximum absolute atomic E-state index is 10.5. The first-order chi connectivity index (χ1) is 7.93. The van der Waals surface area contributed by atoms with Crippen LogP contribution in [0, 0.1) is 0 Å². The quantitative estimate of drug-likeness (QED) is 0.428. The van der Waals surface area contributed by atoms with E-state index in [1.54, 1.807) is 7.11 Å². The highest BCUT2D eigenvalue weighted by Crippen LogP contribution is 2.31. The molecule has 9 heteroatoms. The van der Waals surface area contributed by atoms with Crippen molar-refractivity contribution >= 4 is 6.98 Å². The molecule has 0 atom stereocenters. The average molecular weight is 283 g/mol. The Bertz CT molecular complexity index is 202. The zero-order chi connectivity index (χ0) is 15.0. The number of hydrogen-bond donors (Lipinski definition) is 0. The highest BCUT2D eigenvalue weighted by Gasteiger charge is 2.53. The van der Waals surface area contributed by atoms with Crippen molar-refractivity contribution in [3.8, 4) is 0 Å². The summed E-state index contributed by atoms with van der Waals surface area (Å²) in [4.78, 5) is 0. The number of methoxy groups -OCH3 is 1. The van der Waals surface area contributed by atoms with Gasteiger partial charge >= 0.3 is 13.1 Å². The van der Waals surface area contributed by atoms with Crippen molar-refractivity contribution in [1.82, 2.24) is 0 Å². The van der Waals surface area contributed by atoms with Gasteiger partial charge in [-0.2, -0.15) is 0 Å². The molecule has 18 heavy (non-hydrogen) atoms. The second-order valence-electron chi connectivity index (χ2n) is 4.08. The van der Waals surface area contributed by atoms with Crippen LogP contribution in [0.5, 0.6) is 0 Å². The first kappa shape index (κ1) is 19.9. The molecule has 0 bridgehead atoms. The number of quaternary nitrogens is 1. The summed E-state index contributed by atoms with van der Waals surface area (Å²) in [7, 11) is 4.02. The third kappa shape index (κ3) is 8.63. The minimum absolute atomic E-state index is 0.873. The highest BCUT2D eigenvalue weighted by molar-refractivity contribution is 6.60. The molecule has 0 aromatic heterocycles. The Morgan fingerprint density at radius 1 is 1.06 bits per heavy atom. The molecule has 0 saturated carbocycles. The van der Waals surface area contributed by atoms with Crippen LogP contribution in [-0.2, 0) is 4.74 Å². The van der Waals surface area contributed by atoms with Crippen LogP contribution in [0.25, 0.3) is 0 Å². The van der Waals surface area contributed by atoms with Gasteiger partial charge in [-0.15, -0.1) is 0 Å². The van der Waals surface area contributed by atoms with E-state index >= 15 is 0 Å². The SMILES string of the molecule is CC[N+](C)(CC)CCOC.F[B-](F)(F)C(F)(F)F. The van der Waals surface area contributed by atoms with Crippen LogP contribution < -0.4 is 0 Å². The number of alkyl halides is 3. The van der Waals surface area contributed by atoms with Crippen molar-refractivity contribution < 1.29 is 35.3 Å². The maximum Gasteiger partial charge on any atom is 0.583 e. The standard InChI is InChI=1S/C8H20NO.CBF6/c1-5-9(3,6-2)7-8-10-4;3-1(4,5)2(6,7)8/h5-8H2,1-4H3;/q+1;-1. The number of halogens is 6. The van der Waals surface area contributed by atoms with Crippen LogP contribution in [0.15, 0.2) is 0 Å². The fourth-order valence-corrected chi connectivity index (χ4v) is 0.852. The second-order valence-corrected chi connectivity index (χ2v) is 4.08. The lowest BCUT2D eigenvalue weighted by molar-refractivity contribution is -0.906. The molecule has 0 radical (unpaired) electrons. The van der Waals surface area contributed by atoms with Crippen LogP contribution in [0.1, 0.15) is 13.8 Å². The largest absolute Gasteiger partial charge is 0.583 e. The zero-order valence-corrected chi connectivity index (χ0v) is 11.0. The van der Waals surface area contributed by atoms with Gasteiger partial charge in [0.25, 0.3) is 0 Å². The summed E-state index contributed by atoms with van der Waals surface area (Å²) in [6.45, 7) is 2.19. The fourth-order valence-electron chi connectivity index (χ4n) is 0.852. The lowest BCUT2D eigenvalue weighted by Gasteiger charge is -2.31. The van der Waals surface area contributed by atoms with Gasteiger partial charge in [0.1, 0.15) is 6.54 Å². The first-order valence-corrected chi connectivity index (χ1v) is 5.52. The van der Waals surface area contributed by atoms with Crippen molar-refractivity contribution in [2.24, 2.45) is 0 Å². The molecule has 0 amide bonds. The molecule has 0 saturated heterocycles. The molecular formula is C9H20BF6NO. The summed E-state index contributed by atoms with van der Waals surface area (Å²) < 4.78 is 69.0. The van der Waals surface area contributed by atoms with Crippen LogP contribution in [0.4, 0.5) is 26.1 Å². The van der Waals surface area contributed by atoms with Crippen molar-refractivity contribution in [2.45, 2.75) is 19.9 Å². The van der Waals surface area contributed by atoms with Crippen LogP contribution in [0.2, 0.25) is 0 Å². The summed E-state index contributed by atoms with van der Waals surface area (Å²) in [5.41, 5.74) is 0. The van der Waals surface area contributed by atoms with E-state index in [1.165, 1.54) is 13.1 Å². The summed E-state index contributed by atoms with van der Waals surface area (Å²) in [6.07, 6.45) is -6.00. The predicted octanol–water partition coefficient (Wildman–Crippen LogP) is 3.05. The minimum Gasteiger partial charge on any atom is -0.443 e. The van der Waals surface area contributed by atoms with Gasteiger partial charge in [-0.3, -0.25) is 0 Å². The number of rotatable bonds is 5. The van der Waals surface area contributed by atoms with E-state index in [0.717, 1.165) is 17.6 Å². The Kier molecular flexibility index (Phi) is 8.71. The summed E-state index contributed by atoms with van der Waals surface area (Å²) in [5, 5.41) is 0. The number of ether oxygens (including phenoxy) is 1. The van der Waals surface area contributed by atoms with E-state index in [0.29, 0.717) is 0 Å². The summed E-state index contributed by atoms with van der Waals surface area (Å²) in [6, 6.07) is 0. The van der Waals surface area contributed by atoms with Gasteiger partial charge in [-0.05, 0) is 13.8 Å². The molecule has 0 spiro atoms. The second kappa shape index (κ2) is 7.88. The van der Waals surface area contributed by atoms with Gasteiger partial charge in [0, 0.05) is 7.11 Å². The van der Waals surface area contributed by atoms with Gasteiger partial charge in [-0.25, -0.2) is 13.2 Å². The molecule has 0 aromatic rings. The molecule has 0 rings (SSSR count). The molecule has 0 aromatic carbocycles. The Morgan fingerprint density at radius 3 is 1.56 bits per heavy atom. The Morgan fingerprint density at radius 2 is 1.39 bits per heavy atom. The van der Waals surface area contributed by atoms with Gasteiger partial charge in [0.15, 0.2) is 0 Å². The van der Waals surface area contributed by atoms with E-state index in [2.05, 4.69) is 20.9 Å². The van der Waals surface area contributed by atoms with E-state index in [9.17, 15) is 26.1 Å². The van der Waals surface area contributed by atoms with Gasteiger partial charge in [0.2, 0.25) is 0 Å². The van der Waals surface area contributed by atoms with E-state index in [4.69, 9.17) is 4.74 Å². The molecule has 0 aliphatic carbocycles. The number of hydrogen-bond acceptors (Lipinski definition) is 1. The lowest BCUT2D eigenvalue weighted by Crippen LogP contribution is -2.45. The van der Waals surface area contributed by atoms with Crippen molar-refractivity contribution in [1.29, 1.82) is 0 Å². The molecule has 0 N–H and O–H groups in total. The molecule has 112 valence electrons. The lowest BCUT2D eigenvalue weighted by atomic mass is 9.92. The van der Waals surface area contributed by atoms with Crippen LogP contribution in [-0.4, -0.2) is 57.9 Å². The Balaban J connectivity index is 0. The van der Waals surface area contributed by atoms with E-state index < -0.39 is 13.1 Å². The third-order valence-electron chi connectivity index (χ3n) is 2.73. The molecule has 2 nitrogen and oxygen atoms in total. The van der Waals surface area contributed by atoms with Gasteiger partial charge in [0.05, 0.1) is 26.7 Å². The van der Waals surface area contributed by atoms with Crippen molar-refractivity contribution in [3.05, 3.63) is 0 Å². The topological polar surface area (TPSA) is 9.23 Å². The predicted molar refractivity (Wildman–Crippen MR) is 59.1 cm³/mol. The number of nitrogens with zero attached hydrogens (tertiary/aromatic N) is 1. The Hall–Kier alpha value is -0.435. The Labute approximate surface area is 104 Å². The van der Waals surface area contributed by atoms with Crippen LogP contribution in [0.3, 0.4) is 0 Å². The average Bonchev–Trinajstić information content (AvgIpc) is 2.24.